The van der Waals surface area contributed by atoms with Crippen LogP contribution in [0.4, 0.5) is 17.3 Å². The van der Waals surface area contributed by atoms with Gasteiger partial charge in [0, 0.05) is 37.1 Å². The summed E-state index contributed by atoms with van der Waals surface area (Å²) in [6.07, 6.45) is 8.08. The van der Waals surface area contributed by atoms with Gasteiger partial charge in [0.05, 0.1) is 10.7 Å². The molecule has 0 bridgehead atoms. The molecule has 2 fully saturated rings. The molecular weight excluding hydrogens is 440 g/mol. The van der Waals surface area contributed by atoms with Crippen LogP contribution < -0.4 is 15.5 Å². The van der Waals surface area contributed by atoms with Gasteiger partial charge in [-0.15, -0.1) is 0 Å². The van der Waals surface area contributed by atoms with Crippen LogP contribution in [0.25, 0.3) is 5.65 Å². The maximum atomic E-state index is 4.86. The number of benzene rings is 1. The van der Waals surface area contributed by atoms with Crippen molar-refractivity contribution in [3.63, 3.8) is 0 Å². The summed E-state index contributed by atoms with van der Waals surface area (Å²) in [4.78, 5) is 7.23. The summed E-state index contributed by atoms with van der Waals surface area (Å²) in [6.45, 7) is 6.99. The van der Waals surface area contributed by atoms with Crippen LogP contribution in [0.15, 0.2) is 53.3 Å². The molecule has 0 amide bonds. The smallest absolute Gasteiger partial charge is 0.173 e. The maximum Gasteiger partial charge on any atom is 0.173 e. The van der Waals surface area contributed by atoms with Crippen molar-refractivity contribution in [3.8, 4) is 0 Å². The predicted octanol–water partition coefficient (Wildman–Crippen LogP) is 5.43. The Kier molecular flexibility index (Phi) is 5.37. The predicted molar refractivity (Wildman–Crippen MR) is 126 cm³/mol. The summed E-state index contributed by atoms with van der Waals surface area (Å²) < 4.78 is 2.78. The van der Waals surface area contributed by atoms with E-state index < -0.39 is 0 Å². The van der Waals surface area contributed by atoms with Crippen LogP contribution in [0.2, 0.25) is 0 Å². The van der Waals surface area contributed by atoms with Crippen molar-refractivity contribution in [1.82, 2.24) is 14.6 Å². The molecule has 1 aliphatic carbocycles. The van der Waals surface area contributed by atoms with Crippen molar-refractivity contribution in [1.29, 1.82) is 0 Å². The number of nitrogens with zero attached hydrogens (tertiary/aromatic N) is 4. The van der Waals surface area contributed by atoms with Crippen LogP contribution in [-0.4, -0.2) is 27.7 Å². The molecule has 1 saturated heterocycles. The molecule has 0 radical (unpaired) electrons. The van der Waals surface area contributed by atoms with Gasteiger partial charge in [-0.2, -0.15) is 9.61 Å². The van der Waals surface area contributed by atoms with Crippen LogP contribution in [0.1, 0.15) is 37.7 Å². The van der Waals surface area contributed by atoms with Crippen LogP contribution in [0.5, 0.6) is 0 Å². The number of nitrogens with one attached hydrogen (secondary N) is 2. The molecule has 1 aromatic carbocycles. The number of fused-ring (bicyclic) bond motifs is 1. The highest BCUT2D eigenvalue weighted by Crippen LogP contribution is 2.35. The molecule has 156 valence electrons. The van der Waals surface area contributed by atoms with E-state index >= 15 is 0 Å². The molecule has 2 aliphatic rings. The van der Waals surface area contributed by atoms with E-state index in [0.29, 0.717) is 5.92 Å². The first kappa shape index (κ1) is 19.4. The molecule has 1 aliphatic heterocycles. The lowest BCUT2D eigenvalue weighted by Crippen LogP contribution is -2.30. The Bertz CT molecular complexity index is 1050. The van der Waals surface area contributed by atoms with Crippen LogP contribution in [-0.2, 0) is 6.54 Å². The monoisotopic (exact) mass is 466 g/mol. The lowest BCUT2D eigenvalue weighted by atomic mass is 10.1. The number of allylic oxidation sites excluding steroid dienone is 1. The fourth-order valence-corrected chi connectivity index (χ4v) is 4.30. The number of aromatic nitrogens is 3. The van der Waals surface area contributed by atoms with Crippen LogP contribution >= 0.6 is 15.9 Å². The highest BCUT2D eigenvalue weighted by molar-refractivity contribution is 9.10. The Balaban J connectivity index is 1.32. The second-order valence-electron chi connectivity index (χ2n) is 8.25. The Labute approximate surface area is 185 Å². The molecule has 7 heteroatoms. The Morgan fingerprint density at radius 2 is 1.90 bits per heavy atom. The van der Waals surface area contributed by atoms with Gasteiger partial charge in [0.2, 0.25) is 0 Å². The molecule has 0 spiro atoms. The zero-order valence-electron chi connectivity index (χ0n) is 17.1. The zero-order valence-corrected chi connectivity index (χ0v) is 18.7. The summed E-state index contributed by atoms with van der Waals surface area (Å²) >= 11 is 3.59. The van der Waals surface area contributed by atoms with E-state index in [2.05, 4.69) is 73.5 Å². The number of hydrogen-bond acceptors (Lipinski definition) is 5. The van der Waals surface area contributed by atoms with Gasteiger partial charge in [0.15, 0.2) is 5.65 Å². The van der Waals surface area contributed by atoms with Crippen molar-refractivity contribution < 1.29 is 0 Å². The van der Waals surface area contributed by atoms with Crippen LogP contribution in [0.3, 0.4) is 0 Å². The molecule has 0 unspecified atom stereocenters. The fourth-order valence-electron chi connectivity index (χ4n) is 3.95. The Hall–Kier alpha value is -2.54. The average molecular weight is 467 g/mol. The molecule has 0 atom stereocenters. The van der Waals surface area contributed by atoms with Gasteiger partial charge in [-0.25, -0.2) is 4.98 Å². The van der Waals surface area contributed by atoms with E-state index in [1.807, 2.05) is 4.52 Å². The van der Waals surface area contributed by atoms with E-state index in [0.717, 1.165) is 52.8 Å². The van der Waals surface area contributed by atoms with Gasteiger partial charge in [0.1, 0.15) is 11.6 Å². The normalized spacial score (nSPS) is 16.6. The van der Waals surface area contributed by atoms with E-state index in [4.69, 9.17) is 4.98 Å². The molecule has 2 N–H and O–H groups in total. The SMILES string of the molecule is C=C(Nc1ccc(CNc2cc(N3CCCCC3)nc3c(Br)cnn23)cc1)C1CC1. The lowest BCUT2D eigenvalue weighted by molar-refractivity contribution is 0.573. The number of hydrogen-bond donors (Lipinski definition) is 2. The summed E-state index contributed by atoms with van der Waals surface area (Å²) in [5.74, 6) is 2.63. The van der Waals surface area contributed by atoms with Gasteiger partial charge in [-0.05, 0) is 71.6 Å². The molecule has 2 aromatic heterocycles. The largest absolute Gasteiger partial charge is 0.366 e. The van der Waals surface area contributed by atoms with Gasteiger partial charge in [-0.1, -0.05) is 18.7 Å². The number of halogens is 1. The van der Waals surface area contributed by atoms with E-state index in [-0.39, 0.29) is 0 Å². The van der Waals surface area contributed by atoms with Crippen molar-refractivity contribution in [3.05, 3.63) is 58.8 Å². The van der Waals surface area contributed by atoms with Gasteiger partial charge in [-0.3, -0.25) is 0 Å². The van der Waals surface area contributed by atoms with Crippen molar-refractivity contribution in [2.45, 2.75) is 38.6 Å². The third kappa shape index (κ3) is 4.17. The lowest BCUT2D eigenvalue weighted by Gasteiger charge is -2.28. The Morgan fingerprint density at radius 3 is 2.63 bits per heavy atom. The first-order valence-corrected chi connectivity index (χ1v) is 11.5. The van der Waals surface area contributed by atoms with Crippen LogP contribution in [0, 0.1) is 5.92 Å². The van der Waals surface area contributed by atoms with Crippen molar-refractivity contribution in [2.75, 3.05) is 28.6 Å². The second kappa shape index (κ2) is 8.30. The molecule has 30 heavy (non-hydrogen) atoms. The third-order valence-corrected chi connectivity index (χ3v) is 6.46. The van der Waals surface area contributed by atoms with Crippen molar-refractivity contribution >= 4 is 38.9 Å². The highest BCUT2D eigenvalue weighted by Gasteiger charge is 2.24. The molecule has 5 rings (SSSR count). The summed E-state index contributed by atoms with van der Waals surface area (Å²) in [5.41, 5.74) is 4.30. The third-order valence-electron chi connectivity index (χ3n) is 5.90. The quantitative estimate of drug-likeness (QED) is 0.485. The molecule has 3 heterocycles. The second-order valence-corrected chi connectivity index (χ2v) is 9.10. The van der Waals surface area contributed by atoms with Gasteiger partial charge in [0.25, 0.3) is 0 Å². The van der Waals surface area contributed by atoms with Gasteiger partial charge >= 0.3 is 0 Å². The minimum absolute atomic E-state index is 0.655. The Morgan fingerprint density at radius 1 is 1.13 bits per heavy atom. The number of anilines is 3. The first-order chi connectivity index (χ1) is 14.7. The van der Waals surface area contributed by atoms with Crippen molar-refractivity contribution in [2.24, 2.45) is 5.92 Å². The standard InChI is InChI=1S/C23H27BrN6/c1-16(18-7-8-18)27-19-9-5-17(6-10-19)14-25-21-13-22(29-11-3-2-4-12-29)28-23-20(24)15-26-30(21)23/h5-6,9-10,13,15,18,25,27H,1-4,7-8,11-12,14H2. The first-order valence-electron chi connectivity index (χ1n) is 10.8. The minimum Gasteiger partial charge on any atom is -0.366 e. The molecule has 1 saturated carbocycles. The number of piperidine rings is 1. The summed E-state index contributed by atoms with van der Waals surface area (Å²) in [6, 6.07) is 10.7. The fraction of sp³-hybridized carbons (Fsp3) is 0.391. The summed E-state index contributed by atoms with van der Waals surface area (Å²) in [7, 11) is 0. The average Bonchev–Trinajstić information content (AvgIpc) is 3.57. The van der Waals surface area contributed by atoms with E-state index in [1.54, 1.807) is 6.20 Å². The maximum absolute atomic E-state index is 4.86. The minimum atomic E-state index is 0.655. The topological polar surface area (TPSA) is 57.5 Å². The number of rotatable bonds is 7. The van der Waals surface area contributed by atoms with E-state index in [9.17, 15) is 0 Å². The molecule has 6 nitrogen and oxygen atoms in total. The van der Waals surface area contributed by atoms with Gasteiger partial charge < -0.3 is 15.5 Å². The zero-order chi connectivity index (χ0) is 20.5. The van der Waals surface area contributed by atoms with E-state index in [1.165, 1.54) is 37.7 Å². The highest BCUT2D eigenvalue weighted by atomic mass is 79.9. The summed E-state index contributed by atoms with van der Waals surface area (Å²) in [5, 5.41) is 11.5. The molecular formula is C23H27BrN6. The molecule has 3 aromatic rings.